The fraction of sp³-hybridized carbons (Fsp3) is 0.200. The summed E-state index contributed by atoms with van der Waals surface area (Å²) in [4.78, 5) is 10.6. The Morgan fingerprint density at radius 2 is 1.83 bits per heavy atom. The van der Waals surface area contributed by atoms with Crippen LogP contribution in [0.15, 0.2) is 42.5 Å². The van der Waals surface area contributed by atoms with E-state index in [2.05, 4.69) is 5.10 Å². The summed E-state index contributed by atoms with van der Waals surface area (Å²) in [7, 11) is 0. The largest absolute Gasteiger partial charge is 0.481 e. The highest BCUT2D eigenvalue weighted by atomic mass is 35.5. The molecule has 1 aromatic heterocycles. The smallest absolute Gasteiger partial charge is 0.338 e. The number of rotatable bonds is 7. The topological polar surface area (TPSA) is 64.3 Å². The van der Waals surface area contributed by atoms with Gasteiger partial charge in [0, 0.05) is 11.4 Å². The van der Waals surface area contributed by atoms with Crippen molar-refractivity contribution in [3.63, 3.8) is 0 Å². The molecule has 1 heterocycles. The van der Waals surface area contributed by atoms with Gasteiger partial charge in [0.1, 0.15) is 6.61 Å². The standard InChI is InChI=1S/C20H16ClF3N2O3/c1-11-6-15(26(25-11)14-4-2-13(21)3-5-14)10-29-19-16(22)7-12(8-17(19)23)9-18(24)20(27)28/h2-8,18H,9-10H2,1H3,(H,27,28). The zero-order valence-corrected chi connectivity index (χ0v) is 16.0. The highest BCUT2D eigenvalue weighted by Gasteiger charge is 2.20. The summed E-state index contributed by atoms with van der Waals surface area (Å²) in [5.41, 5.74) is 1.80. The molecule has 0 saturated heterocycles. The minimum absolute atomic E-state index is 0.121. The second kappa shape index (κ2) is 8.57. The molecule has 0 aliphatic rings. The fourth-order valence-electron chi connectivity index (χ4n) is 2.77. The predicted octanol–water partition coefficient (Wildman–Crippen LogP) is 4.66. The van der Waals surface area contributed by atoms with Crippen molar-refractivity contribution in [2.24, 2.45) is 0 Å². The number of carbonyl (C=O) groups is 1. The summed E-state index contributed by atoms with van der Waals surface area (Å²) in [5.74, 6) is -4.43. The second-order valence-corrected chi connectivity index (χ2v) is 6.79. The number of benzene rings is 2. The maximum absolute atomic E-state index is 14.3. The van der Waals surface area contributed by atoms with Gasteiger partial charge in [-0.1, -0.05) is 11.6 Å². The summed E-state index contributed by atoms with van der Waals surface area (Å²) in [6, 6.07) is 10.3. The summed E-state index contributed by atoms with van der Waals surface area (Å²) in [5, 5.41) is 13.5. The van der Waals surface area contributed by atoms with Crippen LogP contribution in [0.2, 0.25) is 5.02 Å². The minimum Gasteiger partial charge on any atom is -0.481 e. The molecule has 5 nitrogen and oxygen atoms in total. The van der Waals surface area contributed by atoms with Crippen LogP contribution in [0, 0.1) is 18.6 Å². The van der Waals surface area contributed by atoms with Crippen molar-refractivity contribution < 1.29 is 27.8 Å². The minimum atomic E-state index is -2.25. The lowest BCUT2D eigenvalue weighted by molar-refractivity contribution is -0.142. The summed E-state index contributed by atoms with van der Waals surface area (Å²) in [6.07, 6.45) is -2.90. The summed E-state index contributed by atoms with van der Waals surface area (Å²) in [6.45, 7) is 1.58. The van der Waals surface area contributed by atoms with Crippen molar-refractivity contribution in [2.45, 2.75) is 26.1 Å². The third kappa shape index (κ3) is 4.89. The molecule has 29 heavy (non-hydrogen) atoms. The van der Waals surface area contributed by atoms with Crippen molar-refractivity contribution in [1.82, 2.24) is 9.78 Å². The Balaban J connectivity index is 1.80. The zero-order valence-electron chi connectivity index (χ0n) is 15.2. The van der Waals surface area contributed by atoms with Gasteiger partial charge in [0.2, 0.25) is 6.17 Å². The summed E-state index contributed by atoms with van der Waals surface area (Å²) >= 11 is 5.89. The number of ether oxygens (including phenoxy) is 1. The van der Waals surface area contributed by atoms with Crippen LogP contribution in [-0.2, 0) is 17.8 Å². The number of carboxylic acids is 1. The maximum atomic E-state index is 14.3. The molecule has 3 rings (SSSR count). The molecule has 9 heteroatoms. The molecule has 152 valence electrons. The molecular formula is C20H16ClF3N2O3. The van der Waals surface area contributed by atoms with Crippen LogP contribution in [0.1, 0.15) is 17.0 Å². The Morgan fingerprint density at radius 3 is 2.41 bits per heavy atom. The molecule has 2 aromatic carbocycles. The second-order valence-electron chi connectivity index (χ2n) is 6.35. The van der Waals surface area contributed by atoms with E-state index in [1.165, 1.54) is 0 Å². The molecule has 0 fully saturated rings. The van der Waals surface area contributed by atoms with E-state index in [0.717, 1.165) is 12.1 Å². The van der Waals surface area contributed by atoms with Gasteiger partial charge in [-0.25, -0.2) is 22.6 Å². The van der Waals surface area contributed by atoms with E-state index in [-0.39, 0.29) is 12.2 Å². The Morgan fingerprint density at radius 1 is 1.21 bits per heavy atom. The van der Waals surface area contributed by atoms with Gasteiger partial charge in [-0.2, -0.15) is 5.10 Å². The highest BCUT2D eigenvalue weighted by Crippen LogP contribution is 2.26. The molecule has 1 atom stereocenters. The molecule has 0 aliphatic heterocycles. The predicted molar refractivity (Wildman–Crippen MR) is 100 cm³/mol. The van der Waals surface area contributed by atoms with Crippen LogP contribution >= 0.6 is 11.6 Å². The first-order valence-electron chi connectivity index (χ1n) is 8.53. The number of aromatic nitrogens is 2. The van der Waals surface area contributed by atoms with Crippen LogP contribution < -0.4 is 4.74 Å². The van der Waals surface area contributed by atoms with E-state index >= 15 is 0 Å². The van der Waals surface area contributed by atoms with Crippen molar-refractivity contribution in [1.29, 1.82) is 0 Å². The van der Waals surface area contributed by atoms with E-state index < -0.39 is 35.9 Å². The van der Waals surface area contributed by atoms with Crippen LogP contribution in [-0.4, -0.2) is 27.0 Å². The van der Waals surface area contributed by atoms with E-state index in [0.29, 0.717) is 22.1 Å². The lowest BCUT2D eigenvalue weighted by Crippen LogP contribution is -2.17. The molecule has 0 amide bonds. The van der Waals surface area contributed by atoms with E-state index in [4.69, 9.17) is 21.4 Å². The monoisotopic (exact) mass is 424 g/mol. The number of aryl methyl sites for hydroxylation is 1. The number of nitrogens with zero attached hydrogens (tertiary/aromatic N) is 2. The van der Waals surface area contributed by atoms with Crippen LogP contribution in [0.4, 0.5) is 13.2 Å². The summed E-state index contributed by atoms with van der Waals surface area (Å²) < 4.78 is 48.7. The van der Waals surface area contributed by atoms with Gasteiger partial charge < -0.3 is 9.84 Å². The van der Waals surface area contributed by atoms with Gasteiger partial charge in [0.05, 0.1) is 17.1 Å². The zero-order chi connectivity index (χ0) is 21.1. The fourth-order valence-corrected chi connectivity index (χ4v) is 2.90. The quantitative estimate of drug-likeness (QED) is 0.599. The van der Waals surface area contributed by atoms with Gasteiger partial charge in [0.15, 0.2) is 17.4 Å². The van der Waals surface area contributed by atoms with E-state index in [1.807, 2.05) is 0 Å². The average Bonchev–Trinajstić information content (AvgIpc) is 3.02. The Hall–Kier alpha value is -3.00. The van der Waals surface area contributed by atoms with E-state index in [9.17, 15) is 18.0 Å². The number of alkyl halides is 1. The van der Waals surface area contributed by atoms with Crippen molar-refractivity contribution >= 4 is 17.6 Å². The number of hydrogen-bond donors (Lipinski definition) is 1. The lowest BCUT2D eigenvalue weighted by Gasteiger charge is -2.12. The number of carboxylic acid groups (broad SMARTS) is 1. The third-order valence-electron chi connectivity index (χ3n) is 4.08. The normalized spacial score (nSPS) is 12.0. The SMILES string of the molecule is Cc1cc(COc2c(F)cc(CC(F)C(=O)O)cc2F)n(-c2ccc(Cl)cc2)n1. The van der Waals surface area contributed by atoms with Gasteiger partial charge in [-0.15, -0.1) is 0 Å². The molecule has 0 bridgehead atoms. The maximum Gasteiger partial charge on any atom is 0.338 e. The molecule has 0 saturated carbocycles. The first-order chi connectivity index (χ1) is 13.7. The number of aliphatic carboxylic acids is 1. The first-order valence-corrected chi connectivity index (χ1v) is 8.91. The van der Waals surface area contributed by atoms with Gasteiger partial charge in [-0.3, -0.25) is 0 Å². The first kappa shape index (κ1) is 20.7. The molecule has 1 unspecified atom stereocenters. The number of halogens is 4. The van der Waals surface area contributed by atoms with Crippen molar-refractivity contribution in [3.05, 3.63) is 76.1 Å². The van der Waals surface area contributed by atoms with Crippen molar-refractivity contribution in [2.75, 3.05) is 0 Å². The average molecular weight is 425 g/mol. The van der Waals surface area contributed by atoms with Crippen molar-refractivity contribution in [3.8, 4) is 11.4 Å². The van der Waals surface area contributed by atoms with Crippen LogP contribution in [0.25, 0.3) is 5.69 Å². The van der Waals surface area contributed by atoms with E-state index in [1.54, 1.807) is 41.9 Å². The lowest BCUT2D eigenvalue weighted by atomic mass is 10.1. The highest BCUT2D eigenvalue weighted by molar-refractivity contribution is 6.30. The number of hydrogen-bond acceptors (Lipinski definition) is 3. The van der Waals surface area contributed by atoms with Crippen LogP contribution in [0.5, 0.6) is 5.75 Å². The third-order valence-corrected chi connectivity index (χ3v) is 4.33. The Labute approximate surface area is 169 Å². The Kier molecular flexibility index (Phi) is 6.12. The molecule has 1 N–H and O–H groups in total. The van der Waals surface area contributed by atoms with Crippen LogP contribution in [0.3, 0.4) is 0 Å². The molecule has 0 spiro atoms. The molecule has 3 aromatic rings. The van der Waals surface area contributed by atoms with Gasteiger partial charge in [0.25, 0.3) is 0 Å². The van der Waals surface area contributed by atoms with Gasteiger partial charge in [-0.05, 0) is 55.0 Å². The molecule has 0 aliphatic carbocycles. The molecule has 0 radical (unpaired) electrons. The van der Waals surface area contributed by atoms with Gasteiger partial charge >= 0.3 is 5.97 Å². The Bertz CT molecular complexity index is 1010. The molecular weight excluding hydrogens is 409 g/mol.